The van der Waals surface area contributed by atoms with Gasteiger partial charge in [-0.2, -0.15) is 5.10 Å². The molecule has 3 aromatic rings. The van der Waals surface area contributed by atoms with E-state index in [1.54, 1.807) is 33.8 Å². The first-order chi connectivity index (χ1) is 14.0. The van der Waals surface area contributed by atoms with Gasteiger partial charge in [-0.25, -0.2) is 4.68 Å². The SMILES string of the molecule is CCN(CC)C(=O)c1cccc(NC(=O)c2c(C)nn(-c3ccccc3)c2C)c1. The Morgan fingerprint density at radius 2 is 1.69 bits per heavy atom. The second-order valence-electron chi connectivity index (χ2n) is 6.81. The fourth-order valence-electron chi connectivity index (χ4n) is 3.41. The average Bonchev–Trinajstić information content (AvgIpc) is 3.03. The van der Waals surface area contributed by atoms with Crippen molar-refractivity contribution in [2.45, 2.75) is 27.7 Å². The Bertz CT molecular complexity index is 1020. The van der Waals surface area contributed by atoms with Crippen LogP contribution in [0.25, 0.3) is 5.69 Å². The number of aryl methyl sites for hydroxylation is 1. The number of carbonyl (C=O) groups is 2. The highest BCUT2D eigenvalue weighted by molar-refractivity contribution is 6.06. The van der Waals surface area contributed by atoms with Crippen LogP contribution in [0.2, 0.25) is 0 Å². The normalized spacial score (nSPS) is 10.6. The van der Waals surface area contributed by atoms with E-state index in [0.29, 0.717) is 35.6 Å². The summed E-state index contributed by atoms with van der Waals surface area (Å²) >= 11 is 0. The minimum Gasteiger partial charge on any atom is -0.339 e. The molecule has 2 amide bonds. The van der Waals surface area contributed by atoms with Gasteiger partial charge in [-0.15, -0.1) is 0 Å². The van der Waals surface area contributed by atoms with Gasteiger partial charge in [-0.05, 0) is 58.0 Å². The number of hydrogen-bond donors (Lipinski definition) is 1. The van der Waals surface area contributed by atoms with Gasteiger partial charge in [0, 0.05) is 24.3 Å². The van der Waals surface area contributed by atoms with Crippen molar-refractivity contribution in [3.05, 3.63) is 77.1 Å². The highest BCUT2D eigenvalue weighted by atomic mass is 16.2. The first-order valence-electron chi connectivity index (χ1n) is 9.78. The van der Waals surface area contributed by atoms with Crippen LogP contribution in [0.1, 0.15) is 46.0 Å². The van der Waals surface area contributed by atoms with Crippen molar-refractivity contribution in [2.75, 3.05) is 18.4 Å². The van der Waals surface area contributed by atoms with E-state index in [1.807, 2.05) is 58.0 Å². The molecule has 0 saturated heterocycles. The van der Waals surface area contributed by atoms with Crippen LogP contribution in [0.4, 0.5) is 5.69 Å². The van der Waals surface area contributed by atoms with E-state index in [4.69, 9.17) is 0 Å². The maximum atomic E-state index is 13.0. The van der Waals surface area contributed by atoms with Crippen molar-refractivity contribution in [2.24, 2.45) is 0 Å². The van der Waals surface area contributed by atoms with E-state index in [9.17, 15) is 9.59 Å². The van der Waals surface area contributed by atoms with Gasteiger partial charge in [0.15, 0.2) is 0 Å². The van der Waals surface area contributed by atoms with Crippen LogP contribution in [0.5, 0.6) is 0 Å². The molecule has 0 saturated carbocycles. The Morgan fingerprint density at radius 3 is 2.34 bits per heavy atom. The topological polar surface area (TPSA) is 67.2 Å². The maximum Gasteiger partial charge on any atom is 0.259 e. The Kier molecular flexibility index (Phi) is 6.12. The van der Waals surface area contributed by atoms with Gasteiger partial charge in [0.25, 0.3) is 11.8 Å². The predicted molar refractivity (Wildman–Crippen MR) is 115 cm³/mol. The van der Waals surface area contributed by atoms with Crippen LogP contribution in [-0.4, -0.2) is 39.6 Å². The third-order valence-electron chi connectivity index (χ3n) is 4.94. The van der Waals surface area contributed by atoms with Gasteiger partial charge >= 0.3 is 0 Å². The largest absolute Gasteiger partial charge is 0.339 e. The van der Waals surface area contributed by atoms with Gasteiger partial charge in [-0.1, -0.05) is 24.3 Å². The van der Waals surface area contributed by atoms with Crippen LogP contribution in [0.3, 0.4) is 0 Å². The van der Waals surface area contributed by atoms with Crippen molar-refractivity contribution >= 4 is 17.5 Å². The molecule has 2 aromatic carbocycles. The summed E-state index contributed by atoms with van der Waals surface area (Å²) in [7, 11) is 0. The number of carbonyl (C=O) groups excluding carboxylic acids is 2. The van der Waals surface area contributed by atoms with Gasteiger partial charge in [-0.3, -0.25) is 9.59 Å². The summed E-state index contributed by atoms with van der Waals surface area (Å²) in [6.45, 7) is 8.88. The number of anilines is 1. The van der Waals surface area contributed by atoms with Crippen LogP contribution >= 0.6 is 0 Å². The van der Waals surface area contributed by atoms with E-state index < -0.39 is 0 Å². The van der Waals surface area contributed by atoms with Crippen LogP contribution in [0.15, 0.2) is 54.6 Å². The molecule has 0 bridgehead atoms. The molecule has 29 heavy (non-hydrogen) atoms. The molecular formula is C23H26N4O2. The van der Waals surface area contributed by atoms with Crippen molar-refractivity contribution in [1.29, 1.82) is 0 Å². The van der Waals surface area contributed by atoms with Gasteiger partial charge in [0.1, 0.15) is 0 Å². The number of aromatic nitrogens is 2. The Hall–Kier alpha value is -3.41. The first kappa shape index (κ1) is 20.3. The molecule has 0 aliphatic rings. The molecule has 3 rings (SSSR count). The molecule has 6 nitrogen and oxygen atoms in total. The summed E-state index contributed by atoms with van der Waals surface area (Å²) in [6.07, 6.45) is 0. The highest BCUT2D eigenvalue weighted by Crippen LogP contribution is 2.20. The van der Waals surface area contributed by atoms with E-state index in [1.165, 1.54) is 0 Å². The van der Waals surface area contributed by atoms with E-state index in [-0.39, 0.29) is 11.8 Å². The summed E-state index contributed by atoms with van der Waals surface area (Å²) in [4.78, 5) is 27.3. The number of hydrogen-bond acceptors (Lipinski definition) is 3. The Labute approximate surface area is 171 Å². The number of para-hydroxylation sites is 1. The molecule has 0 aliphatic carbocycles. The fraction of sp³-hybridized carbons (Fsp3) is 0.261. The second-order valence-corrected chi connectivity index (χ2v) is 6.81. The van der Waals surface area contributed by atoms with Crippen LogP contribution in [0, 0.1) is 13.8 Å². The summed E-state index contributed by atoms with van der Waals surface area (Å²) in [5.41, 5.74) is 3.99. The zero-order chi connectivity index (χ0) is 21.0. The highest BCUT2D eigenvalue weighted by Gasteiger charge is 2.20. The number of benzene rings is 2. The van der Waals surface area contributed by atoms with Crippen LogP contribution < -0.4 is 5.32 Å². The lowest BCUT2D eigenvalue weighted by molar-refractivity contribution is 0.0772. The van der Waals surface area contributed by atoms with Gasteiger partial charge in [0.05, 0.1) is 22.6 Å². The fourth-order valence-corrected chi connectivity index (χ4v) is 3.41. The molecule has 0 spiro atoms. The quantitative estimate of drug-likeness (QED) is 0.685. The maximum absolute atomic E-state index is 13.0. The molecule has 0 unspecified atom stereocenters. The smallest absolute Gasteiger partial charge is 0.259 e. The third-order valence-corrected chi connectivity index (χ3v) is 4.94. The van der Waals surface area contributed by atoms with E-state index in [2.05, 4.69) is 10.4 Å². The first-order valence-corrected chi connectivity index (χ1v) is 9.78. The molecule has 6 heteroatoms. The number of nitrogens with zero attached hydrogens (tertiary/aromatic N) is 3. The lowest BCUT2D eigenvalue weighted by Gasteiger charge is -2.19. The molecule has 1 heterocycles. The van der Waals surface area contributed by atoms with Crippen molar-refractivity contribution in [3.63, 3.8) is 0 Å². The molecule has 0 aliphatic heterocycles. The monoisotopic (exact) mass is 390 g/mol. The Morgan fingerprint density at radius 1 is 1.00 bits per heavy atom. The zero-order valence-corrected chi connectivity index (χ0v) is 17.3. The molecule has 0 radical (unpaired) electrons. The summed E-state index contributed by atoms with van der Waals surface area (Å²) in [6, 6.07) is 16.7. The standard InChI is InChI=1S/C23H26N4O2/c1-5-26(6-2)23(29)18-11-10-12-19(15-18)24-22(28)21-16(3)25-27(17(21)4)20-13-8-7-9-14-20/h7-15H,5-6H2,1-4H3,(H,24,28). The molecule has 0 atom stereocenters. The number of amides is 2. The average molecular weight is 390 g/mol. The van der Waals surface area contributed by atoms with Crippen molar-refractivity contribution < 1.29 is 9.59 Å². The third kappa shape index (κ3) is 4.21. The summed E-state index contributed by atoms with van der Waals surface area (Å²) in [5.74, 6) is -0.287. The van der Waals surface area contributed by atoms with Crippen molar-refractivity contribution in [1.82, 2.24) is 14.7 Å². The van der Waals surface area contributed by atoms with Gasteiger partial charge < -0.3 is 10.2 Å². The number of nitrogens with one attached hydrogen (secondary N) is 1. The zero-order valence-electron chi connectivity index (χ0n) is 17.3. The number of rotatable bonds is 6. The molecule has 150 valence electrons. The molecule has 1 N–H and O–H groups in total. The minimum atomic E-state index is -0.241. The molecular weight excluding hydrogens is 364 g/mol. The predicted octanol–water partition coefficient (Wildman–Crippen LogP) is 4.22. The van der Waals surface area contributed by atoms with Gasteiger partial charge in [0.2, 0.25) is 0 Å². The van der Waals surface area contributed by atoms with E-state index >= 15 is 0 Å². The minimum absolute atomic E-state index is 0.0460. The lowest BCUT2D eigenvalue weighted by Crippen LogP contribution is -2.30. The van der Waals surface area contributed by atoms with Crippen molar-refractivity contribution in [3.8, 4) is 5.69 Å². The summed E-state index contributed by atoms with van der Waals surface area (Å²) < 4.78 is 1.77. The summed E-state index contributed by atoms with van der Waals surface area (Å²) in [5, 5.41) is 7.44. The molecule has 1 aromatic heterocycles. The lowest BCUT2D eigenvalue weighted by atomic mass is 10.1. The van der Waals surface area contributed by atoms with Crippen LogP contribution in [-0.2, 0) is 0 Å². The van der Waals surface area contributed by atoms with E-state index in [0.717, 1.165) is 11.4 Å². The second kappa shape index (κ2) is 8.73. The molecule has 0 fully saturated rings. The Balaban J connectivity index is 1.86.